The summed E-state index contributed by atoms with van der Waals surface area (Å²) in [5, 5.41) is 2.52. The number of benzene rings is 1. The van der Waals surface area contributed by atoms with Gasteiger partial charge in [-0.15, -0.1) is 0 Å². The maximum absolute atomic E-state index is 14.1. The van der Waals surface area contributed by atoms with E-state index in [4.69, 9.17) is 9.47 Å². The molecule has 0 fully saturated rings. The largest absolute Gasteiger partial charge is 0.444 e. The average Bonchev–Trinajstić information content (AvgIpc) is 2.49. The van der Waals surface area contributed by atoms with Crippen LogP contribution in [0.1, 0.15) is 41.5 Å². The molecular weight excluding hydrogens is 419 g/mol. The number of rotatable bonds is 5. The Hall–Kier alpha value is -1.67. The zero-order valence-electron chi connectivity index (χ0n) is 16.9. The lowest BCUT2D eigenvalue weighted by Crippen LogP contribution is -2.52. The minimum atomic E-state index is -1.04. The van der Waals surface area contributed by atoms with Gasteiger partial charge in [0.05, 0.1) is 17.9 Å². The predicted octanol–water partition coefficient (Wildman–Crippen LogP) is 4.26. The van der Waals surface area contributed by atoms with Crippen LogP contribution < -0.4 is 10.2 Å². The molecule has 27 heavy (non-hydrogen) atoms. The molecule has 0 bridgehead atoms. The number of alkyl carbamates (subject to hydrolysis) is 1. The van der Waals surface area contributed by atoms with Crippen molar-refractivity contribution in [3.8, 4) is 0 Å². The van der Waals surface area contributed by atoms with Crippen molar-refractivity contribution in [2.24, 2.45) is 0 Å². The molecule has 1 N–H and O–H groups in total. The van der Waals surface area contributed by atoms with Gasteiger partial charge in [0.2, 0.25) is 0 Å². The summed E-state index contributed by atoms with van der Waals surface area (Å²) in [5.41, 5.74) is -1.15. The van der Waals surface area contributed by atoms with Gasteiger partial charge in [-0.3, -0.25) is 4.79 Å². The summed E-state index contributed by atoms with van der Waals surface area (Å²) in [6.07, 6.45) is -0.749. The first-order valence-electron chi connectivity index (χ1n) is 8.56. The molecule has 0 aromatic heterocycles. The van der Waals surface area contributed by atoms with Gasteiger partial charge in [0.15, 0.2) is 0 Å². The van der Waals surface area contributed by atoms with Crippen LogP contribution in [0.5, 0.6) is 0 Å². The second kappa shape index (κ2) is 9.01. The van der Waals surface area contributed by atoms with Crippen LogP contribution in [-0.2, 0) is 14.3 Å². The zero-order chi connectivity index (χ0) is 21.0. The summed E-state index contributed by atoms with van der Waals surface area (Å²) in [6, 6.07) is 3.24. The van der Waals surface area contributed by atoms with Gasteiger partial charge in [-0.25, -0.2) is 9.18 Å². The Morgan fingerprint density at radius 2 is 1.78 bits per heavy atom. The van der Waals surface area contributed by atoms with Crippen LogP contribution >= 0.6 is 15.9 Å². The molecule has 0 spiro atoms. The minimum absolute atomic E-state index is 0.0818. The molecule has 0 aliphatic heterocycles. The molecule has 0 radical (unpaired) electrons. The quantitative estimate of drug-likeness (QED) is 0.733. The molecule has 8 heteroatoms. The Balaban J connectivity index is 3.03. The Bertz CT molecular complexity index is 683. The van der Waals surface area contributed by atoms with E-state index in [2.05, 4.69) is 21.2 Å². The van der Waals surface area contributed by atoms with Crippen molar-refractivity contribution in [1.82, 2.24) is 5.32 Å². The number of amides is 2. The fraction of sp³-hybridized carbons (Fsp3) is 0.579. The van der Waals surface area contributed by atoms with Crippen molar-refractivity contribution in [3.05, 3.63) is 28.5 Å². The van der Waals surface area contributed by atoms with Crippen molar-refractivity contribution in [2.75, 3.05) is 18.6 Å². The lowest BCUT2D eigenvalue weighted by molar-refractivity contribution is -0.123. The van der Waals surface area contributed by atoms with E-state index in [1.54, 1.807) is 20.8 Å². The van der Waals surface area contributed by atoms with E-state index >= 15 is 0 Å². The summed E-state index contributed by atoms with van der Waals surface area (Å²) in [4.78, 5) is 26.2. The molecule has 0 saturated heterocycles. The third-order valence-electron chi connectivity index (χ3n) is 3.27. The summed E-state index contributed by atoms with van der Waals surface area (Å²) < 4.78 is 25.7. The lowest BCUT2D eigenvalue weighted by atomic mass is 10.1. The number of hydrogen-bond acceptors (Lipinski definition) is 4. The molecule has 2 amide bonds. The van der Waals surface area contributed by atoms with Gasteiger partial charge in [-0.05, 0) is 59.7 Å². The first-order valence-corrected chi connectivity index (χ1v) is 9.35. The third-order valence-corrected chi connectivity index (χ3v) is 3.77. The Kier molecular flexibility index (Phi) is 7.80. The van der Waals surface area contributed by atoms with E-state index in [9.17, 15) is 14.0 Å². The topological polar surface area (TPSA) is 67.9 Å². The van der Waals surface area contributed by atoms with Crippen LogP contribution in [0.2, 0.25) is 0 Å². The van der Waals surface area contributed by atoms with E-state index in [-0.39, 0.29) is 12.3 Å². The summed E-state index contributed by atoms with van der Waals surface area (Å²) in [7, 11) is 1.44. The molecule has 1 aromatic rings. The highest BCUT2D eigenvalue weighted by atomic mass is 79.9. The molecule has 1 rings (SSSR count). The van der Waals surface area contributed by atoms with Crippen molar-refractivity contribution < 1.29 is 23.5 Å². The van der Waals surface area contributed by atoms with Gasteiger partial charge in [0, 0.05) is 11.5 Å². The van der Waals surface area contributed by atoms with Crippen molar-refractivity contribution >= 4 is 33.6 Å². The summed E-state index contributed by atoms with van der Waals surface area (Å²) in [6.45, 7) is 10.6. The van der Waals surface area contributed by atoms with Gasteiger partial charge in [-0.1, -0.05) is 15.9 Å². The van der Waals surface area contributed by atoms with E-state index in [0.717, 1.165) is 4.90 Å². The minimum Gasteiger partial charge on any atom is -0.444 e. The first kappa shape index (κ1) is 23.4. The number of nitrogens with zero attached hydrogens (tertiary/aromatic N) is 1. The molecule has 0 aliphatic carbocycles. The van der Waals surface area contributed by atoms with Crippen LogP contribution in [0.3, 0.4) is 0 Å². The number of anilines is 1. The zero-order valence-corrected chi connectivity index (χ0v) is 18.4. The number of likely N-dealkylation sites (N-methyl/N-ethyl adjacent to an activating group) is 1. The van der Waals surface area contributed by atoms with Crippen LogP contribution in [0.25, 0.3) is 0 Å². The Morgan fingerprint density at radius 1 is 1.19 bits per heavy atom. The Labute approximate surface area is 168 Å². The first-order chi connectivity index (χ1) is 12.2. The van der Waals surface area contributed by atoms with Crippen molar-refractivity contribution in [2.45, 2.75) is 58.8 Å². The number of nitrogens with one attached hydrogen (secondary N) is 1. The second-order valence-electron chi connectivity index (χ2n) is 8.12. The van der Waals surface area contributed by atoms with E-state index < -0.39 is 35.1 Å². The fourth-order valence-corrected chi connectivity index (χ4v) is 2.40. The van der Waals surface area contributed by atoms with Gasteiger partial charge in [0.25, 0.3) is 5.91 Å². The highest BCUT2D eigenvalue weighted by Gasteiger charge is 2.30. The van der Waals surface area contributed by atoms with Crippen molar-refractivity contribution in [1.29, 1.82) is 0 Å². The van der Waals surface area contributed by atoms with Crippen LogP contribution in [0, 0.1) is 5.82 Å². The smallest absolute Gasteiger partial charge is 0.408 e. The molecule has 6 nitrogen and oxygen atoms in total. The van der Waals surface area contributed by atoms with Crippen LogP contribution in [0.4, 0.5) is 14.9 Å². The fourth-order valence-electron chi connectivity index (χ4n) is 2.05. The maximum Gasteiger partial charge on any atom is 0.408 e. The summed E-state index contributed by atoms with van der Waals surface area (Å²) in [5.74, 6) is -1.08. The van der Waals surface area contributed by atoms with E-state index in [1.807, 2.05) is 20.8 Å². The average molecular weight is 447 g/mol. The molecule has 152 valence electrons. The second-order valence-corrected chi connectivity index (χ2v) is 9.03. The van der Waals surface area contributed by atoms with Crippen LogP contribution in [0.15, 0.2) is 22.7 Å². The van der Waals surface area contributed by atoms with E-state index in [0.29, 0.717) is 4.47 Å². The molecule has 0 unspecified atom stereocenters. The Morgan fingerprint density at radius 3 is 2.30 bits per heavy atom. The number of carbonyl (C=O) groups excluding carboxylic acids is 2. The predicted molar refractivity (Wildman–Crippen MR) is 106 cm³/mol. The highest BCUT2D eigenvalue weighted by molar-refractivity contribution is 9.10. The van der Waals surface area contributed by atoms with Gasteiger partial charge in [-0.2, -0.15) is 0 Å². The number of hydrogen-bond donors (Lipinski definition) is 1. The third kappa shape index (κ3) is 8.26. The van der Waals surface area contributed by atoms with Gasteiger partial charge < -0.3 is 19.7 Å². The maximum atomic E-state index is 14.1. The summed E-state index contributed by atoms with van der Waals surface area (Å²) >= 11 is 3.26. The number of halogens is 2. The normalized spacial score (nSPS) is 13.1. The molecule has 0 heterocycles. The molecule has 0 saturated carbocycles. The monoisotopic (exact) mass is 446 g/mol. The van der Waals surface area contributed by atoms with Gasteiger partial charge in [0.1, 0.15) is 17.5 Å². The van der Waals surface area contributed by atoms with E-state index in [1.165, 1.54) is 25.2 Å². The molecular formula is C19H28BrFN2O4. The molecule has 0 aliphatic rings. The standard InChI is InChI=1S/C19H28BrFN2O4/c1-18(2,3)26-11-14(22-17(25)27-19(4,5)6)16(24)23(7)15-10-12(20)8-9-13(15)21/h8-10,14H,11H2,1-7H3,(H,22,25)/t14-/m0/s1. The molecule has 1 aromatic carbocycles. The van der Waals surface area contributed by atoms with Crippen molar-refractivity contribution in [3.63, 3.8) is 0 Å². The number of ether oxygens (including phenoxy) is 2. The van der Waals surface area contributed by atoms with Crippen LogP contribution in [-0.4, -0.2) is 42.9 Å². The number of carbonyl (C=O) groups is 2. The van der Waals surface area contributed by atoms with Gasteiger partial charge >= 0.3 is 6.09 Å². The highest BCUT2D eigenvalue weighted by Crippen LogP contribution is 2.24. The lowest BCUT2D eigenvalue weighted by Gasteiger charge is -2.29. The molecule has 1 atom stereocenters. The SMILES string of the molecule is CN(C(=O)[C@H](COC(C)(C)C)NC(=O)OC(C)(C)C)c1cc(Br)ccc1F.